The van der Waals surface area contributed by atoms with Crippen molar-refractivity contribution in [1.29, 1.82) is 0 Å². The van der Waals surface area contributed by atoms with Gasteiger partial charge in [-0.15, -0.1) is 0 Å². The summed E-state index contributed by atoms with van der Waals surface area (Å²) in [5.41, 5.74) is 0. The quantitative estimate of drug-likeness (QED) is 0.499. The van der Waals surface area contributed by atoms with Gasteiger partial charge in [-0.2, -0.15) is 0 Å². The smallest absolute Gasteiger partial charge is 0.323 e. The molecule has 0 aliphatic rings. The summed E-state index contributed by atoms with van der Waals surface area (Å²) in [6.07, 6.45) is 4.88. The fraction of sp³-hybridized carbons (Fsp3) is 0.917. The van der Waals surface area contributed by atoms with E-state index in [0.29, 0.717) is 0 Å². The van der Waals surface area contributed by atoms with Crippen LogP contribution >= 0.6 is 0 Å². The average Bonchev–Trinajstić information content (AvgIpc) is 2.22. The van der Waals surface area contributed by atoms with Gasteiger partial charge in [-0.1, -0.05) is 40.0 Å². The number of esters is 1. The molecule has 0 saturated heterocycles. The molecule has 0 heterocycles. The van der Waals surface area contributed by atoms with Crippen LogP contribution in [0.2, 0.25) is 0 Å². The second-order valence-electron chi connectivity index (χ2n) is 4.26. The van der Waals surface area contributed by atoms with E-state index in [1.165, 1.54) is 26.4 Å². The average molecular weight is 215 g/mol. The van der Waals surface area contributed by atoms with Crippen molar-refractivity contribution in [2.75, 3.05) is 13.7 Å². The van der Waals surface area contributed by atoms with Gasteiger partial charge in [-0.25, -0.2) is 0 Å². The molecule has 90 valence electrons. The Hall–Kier alpha value is -0.570. The van der Waals surface area contributed by atoms with Crippen LogP contribution < -0.4 is 5.32 Å². The zero-order valence-electron chi connectivity index (χ0n) is 10.5. The van der Waals surface area contributed by atoms with Gasteiger partial charge < -0.3 is 10.1 Å². The van der Waals surface area contributed by atoms with Crippen LogP contribution in [-0.2, 0) is 9.53 Å². The fourth-order valence-corrected chi connectivity index (χ4v) is 1.53. The van der Waals surface area contributed by atoms with Crippen molar-refractivity contribution in [3.05, 3.63) is 0 Å². The molecule has 0 aromatic heterocycles. The van der Waals surface area contributed by atoms with Crippen LogP contribution in [0.3, 0.4) is 0 Å². The monoisotopic (exact) mass is 215 g/mol. The molecule has 0 saturated carbocycles. The zero-order valence-corrected chi connectivity index (χ0v) is 10.5. The maximum Gasteiger partial charge on any atom is 0.323 e. The summed E-state index contributed by atoms with van der Waals surface area (Å²) in [7, 11) is 1.44. The minimum absolute atomic E-state index is 0.152. The third-order valence-electron chi connectivity index (χ3n) is 2.52. The number of hydrogen-bond acceptors (Lipinski definition) is 3. The van der Waals surface area contributed by atoms with Gasteiger partial charge in [0.2, 0.25) is 0 Å². The van der Waals surface area contributed by atoms with E-state index in [2.05, 4.69) is 12.2 Å². The predicted molar refractivity (Wildman–Crippen MR) is 62.8 cm³/mol. The second kappa shape index (κ2) is 8.72. The normalized spacial score (nSPS) is 12.9. The van der Waals surface area contributed by atoms with Crippen LogP contribution in [0.5, 0.6) is 0 Å². The number of methoxy groups -OCH3 is 1. The number of unbranched alkanes of at least 4 members (excludes halogenated alkanes) is 3. The van der Waals surface area contributed by atoms with Crippen molar-refractivity contribution >= 4 is 5.97 Å². The molecule has 1 atom stereocenters. The molecule has 0 aromatic carbocycles. The van der Waals surface area contributed by atoms with Gasteiger partial charge in [0.15, 0.2) is 0 Å². The molecule has 0 aliphatic carbocycles. The van der Waals surface area contributed by atoms with Crippen LogP contribution in [0.1, 0.15) is 46.5 Å². The van der Waals surface area contributed by atoms with Gasteiger partial charge in [0.05, 0.1) is 7.11 Å². The van der Waals surface area contributed by atoms with E-state index in [0.717, 1.165) is 13.0 Å². The van der Waals surface area contributed by atoms with E-state index in [9.17, 15) is 4.79 Å². The Morgan fingerprint density at radius 2 is 1.93 bits per heavy atom. The highest BCUT2D eigenvalue weighted by atomic mass is 16.5. The summed E-state index contributed by atoms with van der Waals surface area (Å²) in [6.45, 7) is 7.15. The molecule has 1 unspecified atom stereocenters. The molecule has 0 aliphatic heterocycles. The minimum atomic E-state index is -0.156. The van der Waals surface area contributed by atoms with E-state index >= 15 is 0 Å². The van der Waals surface area contributed by atoms with Crippen molar-refractivity contribution in [3.8, 4) is 0 Å². The Kier molecular flexibility index (Phi) is 8.38. The van der Waals surface area contributed by atoms with E-state index in [1.54, 1.807) is 0 Å². The molecule has 0 radical (unpaired) electrons. The number of ether oxygens (including phenoxy) is 1. The Bertz CT molecular complexity index is 169. The highest BCUT2D eigenvalue weighted by Crippen LogP contribution is 2.04. The van der Waals surface area contributed by atoms with Crippen molar-refractivity contribution in [2.24, 2.45) is 5.92 Å². The van der Waals surface area contributed by atoms with Gasteiger partial charge in [0, 0.05) is 0 Å². The summed E-state index contributed by atoms with van der Waals surface area (Å²) < 4.78 is 4.75. The van der Waals surface area contributed by atoms with Gasteiger partial charge >= 0.3 is 5.97 Å². The van der Waals surface area contributed by atoms with E-state index < -0.39 is 0 Å². The van der Waals surface area contributed by atoms with Crippen LogP contribution in [-0.4, -0.2) is 25.7 Å². The first kappa shape index (κ1) is 14.4. The van der Waals surface area contributed by atoms with Crippen molar-refractivity contribution < 1.29 is 9.53 Å². The Labute approximate surface area is 93.6 Å². The molecular formula is C12H25NO2. The highest BCUT2D eigenvalue weighted by molar-refractivity contribution is 5.75. The Morgan fingerprint density at radius 3 is 2.40 bits per heavy atom. The third kappa shape index (κ3) is 6.50. The first-order valence-corrected chi connectivity index (χ1v) is 5.94. The van der Waals surface area contributed by atoms with Gasteiger partial charge in [-0.05, 0) is 18.9 Å². The lowest BCUT2D eigenvalue weighted by molar-refractivity contribution is -0.144. The van der Waals surface area contributed by atoms with Gasteiger partial charge in [0.25, 0.3) is 0 Å². The number of hydrogen-bond donors (Lipinski definition) is 1. The molecule has 3 heteroatoms. The molecule has 3 nitrogen and oxygen atoms in total. The topological polar surface area (TPSA) is 38.3 Å². The molecule has 0 bridgehead atoms. The first-order chi connectivity index (χ1) is 7.13. The molecule has 0 rings (SSSR count). The first-order valence-electron chi connectivity index (χ1n) is 5.94. The molecule has 0 amide bonds. The molecule has 0 fully saturated rings. The second-order valence-corrected chi connectivity index (χ2v) is 4.26. The summed E-state index contributed by atoms with van der Waals surface area (Å²) >= 11 is 0. The largest absolute Gasteiger partial charge is 0.468 e. The number of rotatable bonds is 8. The van der Waals surface area contributed by atoms with Crippen LogP contribution in [0, 0.1) is 5.92 Å². The lowest BCUT2D eigenvalue weighted by atomic mass is 10.0. The van der Waals surface area contributed by atoms with Crippen molar-refractivity contribution in [2.45, 2.75) is 52.5 Å². The van der Waals surface area contributed by atoms with Crippen LogP contribution in [0.25, 0.3) is 0 Å². The van der Waals surface area contributed by atoms with Gasteiger partial charge in [-0.3, -0.25) is 4.79 Å². The highest BCUT2D eigenvalue weighted by Gasteiger charge is 2.21. The van der Waals surface area contributed by atoms with E-state index in [1.807, 2.05) is 13.8 Å². The fourth-order valence-electron chi connectivity index (χ4n) is 1.53. The number of carbonyl (C=O) groups is 1. The number of nitrogens with one attached hydrogen (secondary N) is 1. The Morgan fingerprint density at radius 1 is 1.27 bits per heavy atom. The van der Waals surface area contributed by atoms with Crippen LogP contribution in [0.4, 0.5) is 0 Å². The maximum absolute atomic E-state index is 11.4. The molecule has 0 aromatic rings. The zero-order chi connectivity index (χ0) is 11.7. The summed E-state index contributed by atoms with van der Waals surface area (Å²) in [5, 5.41) is 3.25. The molecule has 15 heavy (non-hydrogen) atoms. The van der Waals surface area contributed by atoms with Crippen molar-refractivity contribution in [3.63, 3.8) is 0 Å². The summed E-state index contributed by atoms with van der Waals surface area (Å²) in [4.78, 5) is 11.4. The van der Waals surface area contributed by atoms with E-state index in [-0.39, 0.29) is 17.9 Å². The third-order valence-corrected chi connectivity index (χ3v) is 2.52. The standard InChI is InChI=1S/C12H25NO2/c1-5-6-7-8-9-13-11(10(2)3)12(14)15-4/h10-11,13H,5-9H2,1-4H3. The van der Waals surface area contributed by atoms with Gasteiger partial charge in [0.1, 0.15) is 6.04 Å². The lowest BCUT2D eigenvalue weighted by Gasteiger charge is -2.19. The van der Waals surface area contributed by atoms with Crippen LogP contribution in [0.15, 0.2) is 0 Å². The minimum Gasteiger partial charge on any atom is -0.468 e. The maximum atomic E-state index is 11.4. The van der Waals surface area contributed by atoms with Crippen molar-refractivity contribution in [1.82, 2.24) is 5.32 Å². The molecule has 0 spiro atoms. The van der Waals surface area contributed by atoms with E-state index in [4.69, 9.17) is 4.74 Å². The lowest BCUT2D eigenvalue weighted by Crippen LogP contribution is -2.42. The Balaban J connectivity index is 3.72. The SMILES string of the molecule is CCCCCCNC(C(=O)OC)C(C)C. The predicted octanol–water partition coefficient (Wildman–Crippen LogP) is 2.35. The number of carbonyl (C=O) groups excluding carboxylic acids is 1. The molecule has 1 N–H and O–H groups in total. The summed E-state index contributed by atoms with van der Waals surface area (Å²) in [6, 6.07) is -0.156. The molecular weight excluding hydrogens is 190 g/mol. The summed E-state index contributed by atoms with van der Waals surface area (Å²) in [5.74, 6) is 0.129.